The summed E-state index contributed by atoms with van der Waals surface area (Å²) in [5, 5.41) is 10.7. The van der Waals surface area contributed by atoms with E-state index in [1.807, 2.05) is 19.1 Å². The monoisotopic (exact) mass is 390 g/mol. The molecular formula is C19H22N10. The highest BCUT2D eigenvalue weighted by atomic mass is 15.3. The number of hydrogen-bond donors (Lipinski definition) is 3. The minimum absolute atomic E-state index is 0.108. The molecule has 3 N–H and O–H groups in total. The molecule has 1 fully saturated rings. The van der Waals surface area contributed by atoms with E-state index in [9.17, 15) is 0 Å². The van der Waals surface area contributed by atoms with Crippen molar-refractivity contribution < 1.29 is 0 Å². The van der Waals surface area contributed by atoms with E-state index in [0.29, 0.717) is 35.7 Å². The van der Waals surface area contributed by atoms with Gasteiger partial charge in [-0.3, -0.25) is 5.10 Å². The fourth-order valence-corrected chi connectivity index (χ4v) is 3.37. The summed E-state index contributed by atoms with van der Waals surface area (Å²) < 4.78 is 0. The molecule has 4 heterocycles. The van der Waals surface area contributed by atoms with Crippen LogP contribution in [0.3, 0.4) is 0 Å². The van der Waals surface area contributed by atoms with Crippen LogP contribution in [0.25, 0.3) is 11.2 Å². The molecular weight excluding hydrogens is 368 g/mol. The van der Waals surface area contributed by atoms with Crippen LogP contribution in [0.4, 0.5) is 17.6 Å². The Kier molecular flexibility index (Phi) is 4.30. The molecule has 10 nitrogen and oxygen atoms in total. The first-order valence-electron chi connectivity index (χ1n) is 9.79. The molecule has 0 bridgehead atoms. The molecule has 5 rings (SSSR count). The number of nitrogens with one attached hydrogen (secondary N) is 3. The van der Waals surface area contributed by atoms with Crippen LogP contribution in [0.1, 0.15) is 50.2 Å². The van der Waals surface area contributed by atoms with Crippen LogP contribution >= 0.6 is 0 Å². The van der Waals surface area contributed by atoms with Gasteiger partial charge in [-0.05, 0) is 32.8 Å². The molecule has 4 aromatic rings. The summed E-state index contributed by atoms with van der Waals surface area (Å²) in [6.07, 6.45) is 7.58. The normalized spacial score (nSPS) is 14.8. The fourth-order valence-electron chi connectivity index (χ4n) is 3.37. The molecule has 0 unspecified atom stereocenters. The zero-order valence-corrected chi connectivity index (χ0v) is 16.3. The first-order valence-corrected chi connectivity index (χ1v) is 9.79. The fraction of sp³-hybridized carbons (Fsp3) is 0.368. The van der Waals surface area contributed by atoms with Crippen LogP contribution in [-0.2, 0) is 0 Å². The number of fused-ring (bicyclic) bond motifs is 1. The minimum atomic E-state index is -0.108. The van der Waals surface area contributed by atoms with E-state index in [2.05, 4.69) is 57.2 Å². The Hall–Kier alpha value is -3.56. The molecule has 4 aromatic heterocycles. The second-order valence-electron chi connectivity index (χ2n) is 7.18. The van der Waals surface area contributed by atoms with Gasteiger partial charge in [-0.1, -0.05) is 0 Å². The van der Waals surface area contributed by atoms with Gasteiger partial charge in [0.1, 0.15) is 11.3 Å². The quantitative estimate of drug-likeness (QED) is 0.440. The highest BCUT2D eigenvalue weighted by Gasteiger charge is 2.25. The van der Waals surface area contributed by atoms with Gasteiger partial charge in [0.2, 0.25) is 5.95 Å². The lowest BCUT2D eigenvalue weighted by Gasteiger charge is -2.27. The van der Waals surface area contributed by atoms with Crippen LogP contribution in [0.15, 0.2) is 30.9 Å². The Morgan fingerprint density at radius 3 is 2.93 bits per heavy atom. The average Bonchev–Trinajstić information content (AvgIpc) is 3.30. The predicted octanol–water partition coefficient (Wildman–Crippen LogP) is 3.07. The number of anilines is 3. The van der Waals surface area contributed by atoms with Gasteiger partial charge in [-0.15, -0.1) is 0 Å². The van der Waals surface area contributed by atoms with Gasteiger partial charge in [0.15, 0.2) is 17.3 Å². The maximum absolute atomic E-state index is 4.68. The summed E-state index contributed by atoms with van der Waals surface area (Å²) >= 11 is 0. The molecule has 148 valence electrons. The number of aromatic nitrogens is 8. The van der Waals surface area contributed by atoms with Gasteiger partial charge in [0, 0.05) is 30.4 Å². The van der Waals surface area contributed by atoms with Crippen molar-refractivity contribution in [2.75, 3.05) is 16.8 Å². The lowest BCUT2D eigenvalue weighted by Crippen LogP contribution is -2.29. The van der Waals surface area contributed by atoms with Crippen molar-refractivity contribution in [3.05, 3.63) is 42.4 Å². The first kappa shape index (κ1) is 17.5. The Bertz CT molecular complexity index is 1130. The maximum Gasteiger partial charge on any atom is 0.227 e. The number of rotatable bonds is 7. The number of nitrogens with zero attached hydrogens (tertiary/aromatic N) is 7. The standard InChI is InChI=1S/C19H22N10/c1-3-29(11(2)17-21-9-14-18(26-17)23-10-22-14)19-20-7-6-15(25-19)24-16-8-13(27-28-16)12-4-5-12/h6-12H,3-5H2,1-2H3,(H,21,22,23,26)(H2,20,24,25,27,28)/t11-/m0/s1. The summed E-state index contributed by atoms with van der Waals surface area (Å²) in [5.41, 5.74) is 2.65. The summed E-state index contributed by atoms with van der Waals surface area (Å²) in [6, 6.07) is 3.77. The Morgan fingerprint density at radius 2 is 2.10 bits per heavy atom. The van der Waals surface area contributed by atoms with Crippen molar-refractivity contribution in [3.63, 3.8) is 0 Å². The van der Waals surface area contributed by atoms with E-state index in [1.54, 1.807) is 18.7 Å². The predicted molar refractivity (Wildman–Crippen MR) is 109 cm³/mol. The summed E-state index contributed by atoms with van der Waals surface area (Å²) in [7, 11) is 0. The van der Waals surface area contributed by atoms with E-state index in [0.717, 1.165) is 11.3 Å². The molecule has 1 atom stereocenters. The van der Waals surface area contributed by atoms with Gasteiger partial charge in [-0.25, -0.2) is 19.9 Å². The topological polar surface area (TPSA) is 124 Å². The van der Waals surface area contributed by atoms with Crippen LogP contribution in [0, 0.1) is 0 Å². The Morgan fingerprint density at radius 1 is 1.21 bits per heavy atom. The van der Waals surface area contributed by atoms with Gasteiger partial charge in [-0.2, -0.15) is 10.1 Å². The molecule has 0 radical (unpaired) electrons. The van der Waals surface area contributed by atoms with Gasteiger partial charge >= 0.3 is 0 Å². The lowest BCUT2D eigenvalue weighted by molar-refractivity contribution is 0.633. The second kappa shape index (κ2) is 7.12. The minimum Gasteiger partial charge on any atom is -0.342 e. The van der Waals surface area contributed by atoms with Crippen molar-refractivity contribution in [3.8, 4) is 0 Å². The summed E-state index contributed by atoms with van der Waals surface area (Å²) in [4.78, 5) is 27.5. The number of H-pyrrole nitrogens is 2. The molecule has 1 aliphatic carbocycles. The molecule has 10 heteroatoms. The van der Waals surface area contributed by atoms with E-state index < -0.39 is 0 Å². The summed E-state index contributed by atoms with van der Waals surface area (Å²) in [5.74, 6) is 3.36. The molecule has 0 aliphatic heterocycles. The summed E-state index contributed by atoms with van der Waals surface area (Å²) in [6.45, 7) is 4.81. The van der Waals surface area contributed by atoms with Crippen molar-refractivity contribution >= 4 is 28.7 Å². The van der Waals surface area contributed by atoms with Crippen LogP contribution in [0.2, 0.25) is 0 Å². The highest BCUT2D eigenvalue weighted by molar-refractivity contribution is 5.68. The van der Waals surface area contributed by atoms with Crippen molar-refractivity contribution in [2.24, 2.45) is 0 Å². The molecule has 29 heavy (non-hydrogen) atoms. The van der Waals surface area contributed by atoms with Crippen molar-refractivity contribution in [2.45, 2.75) is 38.6 Å². The van der Waals surface area contributed by atoms with E-state index in [-0.39, 0.29) is 6.04 Å². The van der Waals surface area contributed by atoms with Crippen LogP contribution in [-0.4, -0.2) is 46.6 Å². The Labute approximate surface area is 167 Å². The van der Waals surface area contributed by atoms with Crippen LogP contribution < -0.4 is 10.2 Å². The van der Waals surface area contributed by atoms with Gasteiger partial charge < -0.3 is 15.2 Å². The van der Waals surface area contributed by atoms with Crippen molar-refractivity contribution in [1.82, 2.24) is 40.1 Å². The molecule has 1 aliphatic rings. The molecule has 0 amide bonds. The SMILES string of the molecule is CCN(c1nccc(Nc2cc(C3CC3)[nH]n2)n1)[C@@H](C)c1ncc2[nH]cnc2n1. The number of aromatic amines is 2. The lowest BCUT2D eigenvalue weighted by atomic mass is 10.2. The molecule has 1 saturated carbocycles. The number of imidazole rings is 1. The smallest absolute Gasteiger partial charge is 0.227 e. The maximum atomic E-state index is 4.68. The zero-order valence-electron chi connectivity index (χ0n) is 16.3. The highest BCUT2D eigenvalue weighted by Crippen LogP contribution is 2.39. The molecule has 0 saturated heterocycles. The first-order chi connectivity index (χ1) is 14.2. The van der Waals surface area contributed by atoms with E-state index in [1.165, 1.54) is 18.5 Å². The third kappa shape index (κ3) is 3.48. The van der Waals surface area contributed by atoms with Crippen LogP contribution in [0.5, 0.6) is 0 Å². The number of hydrogen-bond acceptors (Lipinski definition) is 8. The zero-order chi connectivity index (χ0) is 19.8. The third-order valence-corrected chi connectivity index (χ3v) is 5.15. The molecule has 0 aromatic carbocycles. The van der Waals surface area contributed by atoms with Crippen molar-refractivity contribution in [1.29, 1.82) is 0 Å². The van der Waals surface area contributed by atoms with E-state index in [4.69, 9.17) is 0 Å². The van der Waals surface area contributed by atoms with Gasteiger partial charge in [0.05, 0.1) is 18.6 Å². The van der Waals surface area contributed by atoms with E-state index >= 15 is 0 Å². The molecule has 0 spiro atoms. The Balaban J connectivity index is 1.37. The largest absolute Gasteiger partial charge is 0.342 e. The average molecular weight is 390 g/mol. The van der Waals surface area contributed by atoms with Gasteiger partial charge in [0.25, 0.3) is 0 Å². The third-order valence-electron chi connectivity index (χ3n) is 5.15. The second-order valence-corrected chi connectivity index (χ2v) is 7.18.